The molecule has 1 atom stereocenters. The van der Waals surface area contributed by atoms with E-state index in [0.717, 1.165) is 24.9 Å². The van der Waals surface area contributed by atoms with Gasteiger partial charge in [0, 0.05) is 11.6 Å². The number of hydrogen-bond donors (Lipinski definition) is 2. The summed E-state index contributed by atoms with van der Waals surface area (Å²) in [6.45, 7) is 0.246. The molecule has 0 amide bonds. The lowest BCUT2D eigenvalue weighted by Gasteiger charge is -2.14. The van der Waals surface area contributed by atoms with E-state index in [9.17, 15) is 5.11 Å². The Labute approximate surface area is 90.1 Å². The van der Waals surface area contributed by atoms with Crippen molar-refractivity contribution in [1.82, 2.24) is 0 Å². The second-order valence-corrected chi connectivity index (χ2v) is 4.77. The van der Waals surface area contributed by atoms with Gasteiger partial charge in [0.2, 0.25) is 0 Å². The summed E-state index contributed by atoms with van der Waals surface area (Å²) >= 11 is 0. The molecular weight excluding hydrogens is 186 g/mol. The van der Waals surface area contributed by atoms with Gasteiger partial charge in [0.25, 0.3) is 0 Å². The van der Waals surface area contributed by atoms with Crippen LogP contribution in [0.15, 0.2) is 6.07 Å². The molecule has 0 bridgehead atoms. The first-order valence-corrected chi connectivity index (χ1v) is 5.85. The summed E-state index contributed by atoms with van der Waals surface area (Å²) in [6.07, 6.45) is 5.73. The zero-order chi connectivity index (χ0) is 10.4. The summed E-state index contributed by atoms with van der Waals surface area (Å²) in [5.74, 6) is 0.297. The Kier molecular flexibility index (Phi) is 1.99. The molecule has 0 aromatic heterocycles. The third kappa shape index (κ3) is 1.21. The molecule has 1 aromatic rings. The molecule has 3 rings (SSSR count). The van der Waals surface area contributed by atoms with E-state index in [-0.39, 0.29) is 6.61 Å². The van der Waals surface area contributed by atoms with E-state index in [0.29, 0.717) is 5.92 Å². The molecule has 3 N–H and O–H groups in total. The molecule has 0 fully saturated rings. The number of aliphatic hydroxyl groups excluding tert-OH is 1. The van der Waals surface area contributed by atoms with Gasteiger partial charge in [-0.3, -0.25) is 0 Å². The number of hydrogen-bond acceptors (Lipinski definition) is 2. The van der Waals surface area contributed by atoms with E-state index in [1.165, 1.54) is 35.1 Å². The average Bonchev–Trinajstić information content (AvgIpc) is 2.83. The summed E-state index contributed by atoms with van der Waals surface area (Å²) < 4.78 is 0. The zero-order valence-electron chi connectivity index (χ0n) is 8.92. The molecule has 0 aliphatic heterocycles. The highest BCUT2D eigenvalue weighted by Crippen LogP contribution is 2.42. The van der Waals surface area contributed by atoms with Gasteiger partial charge in [-0.25, -0.2) is 0 Å². The van der Waals surface area contributed by atoms with Gasteiger partial charge in [-0.15, -0.1) is 0 Å². The third-order valence-electron chi connectivity index (χ3n) is 3.96. The van der Waals surface area contributed by atoms with Gasteiger partial charge in [-0.05, 0) is 54.4 Å². The average molecular weight is 203 g/mol. The van der Waals surface area contributed by atoms with Gasteiger partial charge in [-0.2, -0.15) is 0 Å². The Morgan fingerprint density at radius 2 is 2.13 bits per heavy atom. The summed E-state index contributed by atoms with van der Waals surface area (Å²) in [6, 6.07) is 2.34. The molecule has 1 aromatic carbocycles. The third-order valence-corrected chi connectivity index (χ3v) is 3.96. The molecular formula is C13H17NO. The zero-order valence-corrected chi connectivity index (χ0v) is 8.92. The normalized spacial score (nSPS) is 22.9. The van der Waals surface area contributed by atoms with E-state index < -0.39 is 0 Å². The Morgan fingerprint density at radius 3 is 2.93 bits per heavy atom. The van der Waals surface area contributed by atoms with Crippen LogP contribution in [-0.2, 0) is 19.3 Å². The van der Waals surface area contributed by atoms with Crippen molar-refractivity contribution in [2.45, 2.75) is 38.0 Å². The van der Waals surface area contributed by atoms with Crippen molar-refractivity contribution in [1.29, 1.82) is 0 Å². The topological polar surface area (TPSA) is 46.2 Å². The molecule has 80 valence electrons. The number of benzene rings is 1. The predicted molar refractivity (Wildman–Crippen MR) is 61.0 cm³/mol. The first-order valence-electron chi connectivity index (χ1n) is 5.85. The number of nitrogen functional groups attached to an aromatic ring is 1. The van der Waals surface area contributed by atoms with Gasteiger partial charge in [-0.1, -0.05) is 6.07 Å². The van der Waals surface area contributed by atoms with Crippen LogP contribution < -0.4 is 5.73 Å². The summed E-state index contributed by atoms with van der Waals surface area (Å²) in [7, 11) is 0. The Balaban J connectivity index is 2.18. The van der Waals surface area contributed by atoms with Gasteiger partial charge in [0.15, 0.2) is 0 Å². The van der Waals surface area contributed by atoms with Crippen LogP contribution >= 0.6 is 0 Å². The second kappa shape index (κ2) is 3.24. The Bertz CT molecular complexity index is 411. The maximum absolute atomic E-state index is 9.33. The quantitative estimate of drug-likeness (QED) is 0.683. The van der Waals surface area contributed by atoms with Crippen LogP contribution in [0.5, 0.6) is 0 Å². The fourth-order valence-corrected chi connectivity index (χ4v) is 3.20. The fraction of sp³-hybridized carbons (Fsp3) is 0.538. The van der Waals surface area contributed by atoms with Gasteiger partial charge < -0.3 is 10.8 Å². The maximum Gasteiger partial charge on any atom is 0.0500 e. The smallest absolute Gasteiger partial charge is 0.0500 e. The molecule has 1 unspecified atom stereocenters. The second-order valence-electron chi connectivity index (χ2n) is 4.77. The monoisotopic (exact) mass is 203 g/mol. The van der Waals surface area contributed by atoms with E-state index in [4.69, 9.17) is 5.73 Å². The summed E-state index contributed by atoms with van der Waals surface area (Å²) in [4.78, 5) is 0. The van der Waals surface area contributed by atoms with Crippen molar-refractivity contribution in [2.75, 3.05) is 12.3 Å². The van der Waals surface area contributed by atoms with Crippen molar-refractivity contribution >= 4 is 5.69 Å². The predicted octanol–water partition coefficient (Wildman–Crippen LogP) is 1.78. The number of fused-ring (bicyclic) bond motifs is 2. The maximum atomic E-state index is 9.33. The molecule has 2 heteroatoms. The highest BCUT2D eigenvalue weighted by Gasteiger charge is 2.28. The van der Waals surface area contributed by atoms with Crippen molar-refractivity contribution in [3.05, 3.63) is 28.3 Å². The lowest BCUT2D eigenvalue weighted by atomic mass is 9.95. The van der Waals surface area contributed by atoms with Gasteiger partial charge in [0.1, 0.15) is 0 Å². The van der Waals surface area contributed by atoms with Crippen LogP contribution in [0.2, 0.25) is 0 Å². The van der Waals surface area contributed by atoms with Gasteiger partial charge >= 0.3 is 0 Å². The van der Waals surface area contributed by atoms with Gasteiger partial charge in [0.05, 0.1) is 6.61 Å². The highest BCUT2D eigenvalue weighted by molar-refractivity contribution is 5.64. The standard InChI is InChI=1S/C13H17NO/c14-13-11-3-1-2-8(11)6-9-4-5-10(7-15)12(9)13/h6,10,15H,1-5,7,14H2. The summed E-state index contributed by atoms with van der Waals surface area (Å²) in [5.41, 5.74) is 12.7. The minimum Gasteiger partial charge on any atom is -0.398 e. The van der Waals surface area contributed by atoms with E-state index in [1.54, 1.807) is 0 Å². The van der Waals surface area contributed by atoms with Crippen molar-refractivity contribution < 1.29 is 5.11 Å². The lowest BCUT2D eigenvalue weighted by molar-refractivity contribution is 0.265. The highest BCUT2D eigenvalue weighted by atomic mass is 16.3. The molecule has 0 spiro atoms. The van der Waals surface area contributed by atoms with E-state index in [2.05, 4.69) is 6.07 Å². The van der Waals surface area contributed by atoms with Crippen LogP contribution in [0.4, 0.5) is 5.69 Å². The number of anilines is 1. The number of nitrogens with two attached hydrogens (primary N) is 1. The molecule has 2 aliphatic rings. The van der Waals surface area contributed by atoms with Crippen molar-refractivity contribution in [3.8, 4) is 0 Å². The molecule has 2 aliphatic carbocycles. The van der Waals surface area contributed by atoms with Crippen molar-refractivity contribution in [2.24, 2.45) is 0 Å². The Hall–Kier alpha value is -1.02. The molecule has 0 heterocycles. The van der Waals surface area contributed by atoms with Crippen molar-refractivity contribution in [3.63, 3.8) is 0 Å². The number of aliphatic hydroxyl groups is 1. The molecule has 0 saturated carbocycles. The van der Waals surface area contributed by atoms with Crippen LogP contribution in [0.1, 0.15) is 41.0 Å². The van der Waals surface area contributed by atoms with Crippen LogP contribution in [0.25, 0.3) is 0 Å². The minimum absolute atomic E-state index is 0.246. The number of aryl methyl sites for hydroxylation is 2. The van der Waals surface area contributed by atoms with E-state index in [1.807, 2.05) is 0 Å². The molecule has 0 saturated heterocycles. The molecule has 15 heavy (non-hydrogen) atoms. The van der Waals surface area contributed by atoms with Crippen LogP contribution in [0, 0.1) is 0 Å². The van der Waals surface area contributed by atoms with E-state index >= 15 is 0 Å². The fourth-order valence-electron chi connectivity index (χ4n) is 3.20. The lowest BCUT2D eigenvalue weighted by Crippen LogP contribution is -2.06. The SMILES string of the molecule is Nc1c2c(cc3c1C(CO)CC3)CCC2. The first-order chi connectivity index (χ1) is 7.31. The Morgan fingerprint density at radius 1 is 1.27 bits per heavy atom. The molecule has 2 nitrogen and oxygen atoms in total. The minimum atomic E-state index is 0.246. The van der Waals surface area contributed by atoms with Crippen LogP contribution in [0.3, 0.4) is 0 Å². The molecule has 0 radical (unpaired) electrons. The van der Waals surface area contributed by atoms with Crippen LogP contribution in [-0.4, -0.2) is 11.7 Å². The first kappa shape index (κ1) is 9.22. The number of rotatable bonds is 1. The largest absolute Gasteiger partial charge is 0.398 e. The summed E-state index contributed by atoms with van der Waals surface area (Å²) in [5, 5.41) is 9.33.